The van der Waals surface area contributed by atoms with Gasteiger partial charge in [-0.2, -0.15) is 0 Å². The van der Waals surface area contributed by atoms with E-state index in [0.717, 1.165) is 5.56 Å². The first kappa shape index (κ1) is 12.1. The van der Waals surface area contributed by atoms with E-state index in [0.29, 0.717) is 29.9 Å². The average molecular weight is 230 g/mol. The first-order valence-electron chi connectivity index (χ1n) is 4.98. The van der Waals surface area contributed by atoms with Gasteiger partial charge in [-0.05, 0) is 18.9 Å². The number of carbonyl (C=O) groups excluding carboxylic acids is 1. The SMILES string of the molecule is Cc1oc(C(=O)NCC(C)C)cc1CCl. The smallest absolute Gasteiger partial charge is 0.287 e. The lowest BCUT2D eigenvalue weighted by Crippen LogP contribution is -2.26. The molecule has 0 aliphatic heterocycles. The highest BCUT2D eigenvalue weighted by molar-refractivity contribution is 6.17. The minimum absolute atomic E-state index is 0.178. The molecule has 0 aromatic carbocycles. The molecular formula is C11H16ClNO2. The number of hydrogen-bond donors (Lipinski definition) is 1. The van der Waals surface area contributed by atoms with Crippen LogP contribution in [0.15, 0.2) is 10.5 Å². The van der Waals surface area contributed by atoms with E-state index in [4.69, 9.17) is 16.0 Å². The lowest BCUT2D eigenvalue weighted by Gasteiger charge is -2.04. The van der Waals surface area contributed by atoms with Gasteiger partial charge >= 0.3 is 0 Å². The summed E-state index contributed by atoms with van der Waals surface area (Å²) in [5.74, 6) is 1.66. The third-order valence-corrected chi connectivity index (χ3v) is 2.35. The fourth-order valence-electron chi connectivity index (χ4n) is 1.15. The quantitative estimate of drug-likeness (QED) is 0.807. The predicted molar refractivity (Wildman–Crippen MR) is 60.2 cm³/mol. The number of carbonyl (C=O) groups is 1. The van der Waals surface area contributed by atoms with Crippen molar-refractivity contribution in [3.05, 3.63) is 23.2 Å². The first-order valence-corrected chi connectivity index (χ1v) is 5.51. The Morgan fingerprint density at radius 1 is 1.60 bits per heavy atom. The van der Waals surface area contributed by atoms with Crippen LogP contribution in [-0.4, -0.2) is 12.5 Å². The number of alkyl halides is 1. The summed E-state index contributed by atoms with van der Waals surface area (Å²) >= 11 is 5.69. The minimum Gasteiger partial charge on any atom is -0.456 e. The van der Waals surface area contributed by atoms with Crippen molar-refractivity contribution in [2.24, 2.45) is 5.92 Å². The molecule has 0 saturated heterocycles. The van der Waals surface area contributed by atoms with Crippen LogP contribution in [0.4, 0.5) is 0 Å². The largest absolute Gasteiger partial charge is 0.456 e. The van der Waals surface area contributed by atoms with Crippen molar-refractivity contribution in [1.82, 2.24) is 5.32 Å². The van der Waals surface area contributed by atoms with Crippen LogP contribution in [0.3, 0.4) is 0 Å². The molecular weight excluding hydrogens is 214 g/mol. The van der Waals surface area contributed by atoms with Crippen LogP contribution < -0.4 is 5.32 Å². The molecule has 1 aromatic heterocycles. The van der Waals surface area contributed by atoms with Crippen LogP contribution in [-0.2, 0) is 5.88 Å². The molecule has 84 valence electrons. The summed E-state index contributed by atoms with van der Waals surface area (Å²) in [6, 6.07) is 1.69. The monoisotopic (exact) mass is 229 g/mol. The lowest BCUT2D eigenvalue weighted by atomic mass is 10.2. The Balaban J connectivity index is 2.66. The number of halogens is 1. The summed E-state index contributed by atoms with van der Waals surface area (Å²) in [6.07, 6.45) is 0. The molecule has 1 amide bonds. The van der Waals surface area contributed by atoms with Crippen LogP contribution in [0.1, 0.15) is 35.7 Å². The molecule has 0 bridgehead atoms. The van der Waals surface area contributed by atoms with Crippen LogP contribution in [0, 0.1) is 12.8 Å². The van der Waals surface area contributed by atoms with E-state index < -0.39 is 0 Å². The van der Waals surface area contributed by atoms with Gasteiger partial charge < -0.3 is 9.73 Å². The van der Waals surface area contributed by atoms with Gasteiger partial charge in [0.05, 0.1) is 5.88 Å². The molecule has 0 saturated carbocycles. The maximum atomic E-state index is 11.6. The minimum atomic E-state index is -0.178. The molecule has 0 radical (unpaired) electrons. The van der Waals surface area contributed by atoms with Gasteiger partial charge in [0.2, 0.25) is 0 Å². The zero-order valence-corrected chi connectivity index (χ0v) is 10.0. The normalized spacial score (nSPS) is 10.7. The Labute approximate surface area is 94.8 Å². The van der Waals surface area contributed by atoms with Gasteiger partial charge in [0.25, 0.3) is 5.91 Å². The number of amides is 1. The second-order valence-corrected chi connectivity index (χ2v) is 4.20. The van der Waals surface area contributed by atoms with E-state index in [1.165, 1.54) is 0 Å². The average Bonchev–Trinajstić information content (AvgIpc) is 2.56. The van der Waals surface area contributed by atoms with Crippen LogP contribution in [0.2, 0.25) is 0 Å². The molecule has 0 aliphatic carbocycles. The molecule has 1 rings (SSSR count). The van der Waals surface area contributed by atoms with Gasteiger partial charge in [-0.1, -0.05) is 13.8 Å². The molecule has 3 nitrogen and oxygen atoms in total. The number of hydrogen-bond acceptors (Lipinski definition) is 2. The van der Waals surface area contributed by atoms with Crippen LogP contribution in [0.5, 0.6) is 0 Å². The summed E-state index contributed by atoms with van der Waals surface area (Å²) in [4.78, 5) is 11.6. The maximum absolute atomic E-state index is 11.6. The highest BCUT2D eigenvalue weighted by atomic mass is 35.5. The van der Waals surface area contributed by atoms with Gasteiger partial charge in [-0.25, -0.2) is 0 Å². The molecule has 1 aromatic rings. The van der Waals surface area contributed by atoms with Gasteiger partial charge in [0.15, 0.2) is 5.76 Å². The van der Waals surface area contributed by atoms with E-state index in [2.05, 4.69) is 5.32 Å². The van der Waals surface area contributed by atoms with E-state index in [1.54, 1.807) is 13.0 Å². The second kappa shape index (κ2) is 5.21. The molecule has 0 unspecified atom stereocenters. The Morgan fingerprint density at radius 2 is 2.27 bits per heavy atom. The zero-order valence-electron chi connectivity index (χ0n) is 9.26. The second-order valence-electron chi connectivity index (χ2n) is 3.93. The van der Waals surface area contributed by atoms with Crippen molar-refractivity contribution in [3.63, 3.8) is 0 Å². The molecule has 15 heavy (non-hydrogen) atoms. The molecule has 1 heterocycles. The van der Waals surface area contributed by atoms with Crippen molar-refractivity contribution in [1.29, 1.82) is 0 Å². The molecule has 4 heteroatoms. The molecule has 0 fully saturated rings. The Kier molecular flexibility index (Phi) is 4.21. The van der Waals surface area contributed by atoms with Crippen molar-refractivity contribution in [2.75, 3.05) is 6.54 Å². The number of nitrogens with one attached hydrogen (secondary N) is 1. The molecule has 0 spiro atoms. The van der Waals surface area contributed by atoms with E-state index in [1.807, 2.05) is 13.8 Å². The van der Waals surface area contributed by atoms with Gasteiger partial charge in [-0.15, -0.1) is 11.6 Å². The summed E-state index contributed by atoms with van der Waals surface area (Å²) < 4.78 is 5.30. The highest BCUT2D eigenvalue weighted by Gasteiger charge is 2.13. The van der Waals surface area contributed by atoms with E-state index in [-0.39, 0.29) is 5.91 Å². The Bertz CT molecular complexity index is 344. The standard InChI is InChI=1S/C11H16ClNO2/c1-7(2)6-13-11(14)10-4-9(5-12)8(3)15-10/h4,7H,5-6H2,1-3H3,(H,13,14). The highest BCUT2D eigenvalue weighted by Crippen LogP contribution is 2.16. The van der Waals surface area contributed by atoms with E-state index in [9.17, 15) is 4.79 Å². The molecule has 1 N–H and O–H groups in total. The van der Waals surface area contributed by atoms with Crippen molar-refractivity contribution in [2.45, 2.75) is 26.7 Å². The van der Waals surface area contributed by atoms with Gasteiger partial charge in [-0.3, -0.25) is 4.79 Å². The number of rotatable bonds is 4. The van der Waals surface area contributed by atoms with Crippen LogP contribution >= 0.6 is 11.6 Å². The maximum Gasteiger partial charge on any atom is 0.287 e. The predicted octanol–water partition coefficient (Wildman–Crippen LogP) is 2.71. The summed E-state index contributed by atoms with van der Waals surface area (Å²) in [5, 5.41) is 2.79. The molecule has 0 aliphatic rings. The summed E-state index contributed by atoms with van der Waals surface area (Å²) in [7, 11) is 0. The third kappa shape index (κ3) is 3.27. The molecule has 0 atom stereocenters. The fourth-order valence-corrected chi connectivity index (χ4v) is 1.41. The Morgan fingerprint density at radius 3 is 2.73 bits per heavy atom. The first-order chi connectivity index (χ1) is 7.04. The van der Waals surface area contributed by atoms with Crippen molar-refractivity contribution >= 4 is 17.5 Å². The van der Waals surface area contributed by atoms with E-state index >= 15 is 0 Å². The fraction of sp³-hybridized carbons (Fsp3) is 0.545. The summed E-state index contributed by atoms with van der Waals surface area (Å²) in [6.45, 7) is 6.53. The Hall–Kier alpha value is -0.960. The number of furan rings is 1. The number of aryl methyl sites for hydroxylation is 1. The lowest BCUT2D eigenvalue weighted by molar-refractivity contribution is 0.0920. The summed E-state index contributed by atoms with van der Waals surface area (Å²) in [5.41, 5.74) is 0.867. The van der Waals surface area contributed by atoms with Crippen LogP contribution in [0.25, 0.3) is 0 Å². The van der Waals surface area contributed by atoms with Gasteiger partial charge in [0, 0.05) is 12.1 Å². The zero-order chi connectivity index (χ0) is 11.4. The van der Waals surface area contributed by atoms with Crippen molar-refractivity contribution in [3.8, 4) is 0 Å². The van der Waals surface area contributed by atoms with Gasteiger partial charge in [0.1, 0.15) is 5.76 Å². The third-order valence-electron chi connectivity index (χ3n) is 2.06. The van der Waals surface area contributed by atoms with Crippen molar-refractivity contribution < 1.29 is 9.21 Å². The topological polar surface area (TPSA) is 42.2 Å².